The van der Waals surface area contributed by atoms with Crippen molar-refractivity contribution in [2.75, 3.05) is 0 Å². The first kappa shape index (κ1) is 27.1. The van der Waals surface area contributed by atoms with Crippen LogP contribution in [0.4, 0.5) is 4.39 Å². The van der Waals surface area contributed by atoms with Gasteiger partial charge in [-0.3, -0.25) is 29.4 Å². The van der Waals surface area contributed by atoms with Crippen molar-refractivity contribution < 1.29 is 23.6 Å². The van der Waals surface area contributed by atoms with Crippen LogP contribution in [0.3, 0.4) is 0 Å². The van der Waals surface area contributed by atoms with Gasteiger partial charge in [-0.1, -0.05) is 45.0 Å². The van der Waals surface area contributed by atoms with E-state index in [1.807, 2.05) is 12.1 Å². The summed E-state index contributed by atoms with van der Waals surface area (Å²) in [5.41, 5.74) is 2.98. The molecule has 4 amide bonds. The molecule has 2 aromatic carbocycles. The SMILES string of the molecule is CC1(C)[C@@H]2CC[C@@]1(C)[C@@H](NCc1ccc(CSc3cc(F)cc4c3C(=O)N(C3CCC(=O)NC3=O)C4=O)cc1)C2. The second-order valence-electron chi connectivity index (χ2n) is 12.4. The van der Waals surface area contributed by atoms with Crippen LogP contribution in [0.15, 0.2) is 41.3 Å². The third-order valence-corrected chi connectivity index (χ3v) is 11.3. The molecule has 2 aliphatic heterocycles. The van der Waals surface area contributed by atoms with E-state index in [9.17, 15) is 23.6 Å². The van der Waals surface area contributed by atoms with Crippen LogP contribution in [0.2, 0.25) is 0 Å². The predicted octanol–water partition coefficient (Wildman–Crippen LogP) is 4.82. The van der Waals surface area contributed by atoms with E-state index in [0.29, 0.717) is 27.5 Å². The second-order valence-corrected chi connectivity index (χ2v) is 13.4. The van der Waals surface area contributed by atoms with Gasteiger partial charge in [0.05, 0.1) is 11.1 Å². The Morgan fingerprint density at radius 2 is 1.75 bits per heavy atom. The summed E-state index contributed by atoms with van der Waals surface area (Å²) in [4.78, 5) is 51.5. The minimum Gasteiger partial charge on any atom is -0.309 e. The number of imide groups is 2. The smallest absolute Gasteiger partial charge is 0.263 e. The Morgan fingerprint density at radius 1 is 1.02 bits per heavy atom. The first-order valence-electron chi connectivity index (χ1n) is 14.0. The number of benzene rings is 2. The lowest BCUT2D eigenvalue weighted by molar-refractivity contribution is -0.136. The van der Waals surface area contributed by atoms with Crippen LogP contribution in [0.5, 0.6) is 0 Å². The molecule has 1 unspecified atom stereocenters. The Labute approximate surface area is 237 Å². The molecule has 3 fully saturated rings. The molecule has 1 saturated heterocycles. The third kappa shape index (κ3) is 4.29. The van der Waals surface area contributed by atoms with E-state index < -0.39 is 35.5 Å². The molecule has 2 bridgehead atoms. The average molecular weight is 564 g/mol. The van der Waals surface area contributed by atoms with Crippen LogP contribution in [-0.2, 0) is 21.9 Å². The van der Waals surface area contributed by atoms with E-state index >= 15 is 0 Å². The molecule has 0 aromatic heterocycles. The van der Waals surface area contributed by atoms with E-state index in [1.165, 1.54) is 42.7 Å². The molecule has 7 nitrogen and oxygen atoms in total. The van der Waals surface area contributed by atoms with Gasteiger partial charge >= 0.3 is 0 Å². The van der Waals surface area contributed by atoms with Crippen LogP contribution in [-0.4, -0.2) is 40.6 Å². The highest BCUT2D eigenvalue weighted by Gasteiger charge is 2.61. The number of rotatable bonds is 7. The van der Waals surface area contributed by atoms with Crippen molar-refractivity contribution in [1.29, 1.82) is 0 Å². The summed E-state index contributed by atoms with van der Waals surface area (Å²) in [7, 11) is 0. The number of amides is 4. The molecule has 6 rings (SSSR count). The minimum absolute atomic E-state index is 0.0315. The lowest BCUT2D eigenvalue weighted by Gasteiger charge is -2.39. The van der Waals surface area contributed by atoms with E-state index in [2.05, 4.69) is 43.5 Å². The summed E-state index contributed by atoms with van der Waals surface area (Å²) in [5, 5.41) is 6.00. The number of thioether (sulfide) groups is 1. The van der Waals surface area contributed by atoms with Crippen molar-refractivity contribution in [2.24, 2.45) is 16.7 Å². The number of hydrogen-bond donors (Lipinski definition) is 2. The molecular formula is C31H34FN3O4S. The van der Waals surface area contributed by atoms with E-state index in [4.69, 9.17) is 0 Å². The molecular weight excluding hydrogens is 529 g/mol. The molecule has 4 aliphatic rings. The second kappa shape index (κ2) is 9.80. The summed E-state index contributed by atoms with van der Waals surface area (Å²) in [6, 6.07) is 10.0. The molecule has 4 atom stereocenters. The van der Waals surface area contributed by atoms with Gasteiger partial charge in [-0.15, -0.1) is 11.8 Å². The topological polar surface area (TPSA) is 95.6 Å². The van der Waals surface area contributed by atoms with Crippen LogP contribution in [0, 0.1) is 22.6 Å². The molecule has 0 spiro atoms. The van der Waals surface area contributed by atoms with Crippen LogP contribution >= 0.6 is 11.8 Å². The third-order valence-electron chi connectivity index (χ3n) is 10.2. The molecule has 2 saturated carbocycles. The number of carbonyl (C=O) groups excluding carboxylic acids is 4. The number of fused-ring (bicyclic) bond motifs is 3. The van der Waals surface area contributed by atoms with E-state index in [-0.39, 0.29) is 24.0 Å². The van der Waals surface area contributed by atoms with Crippen molar-refractivity contribution in [1.82, 2.24) is 15.5 Å². The van der Waals surface area contributed by atoms with Crippen molar-refractivity contribution in [3.8, 4) is 0 Å². The van der Waals surface area contributed by atoms with Crippen molar-refractivity contribution in [2.45, 2.75) is 82.2 Å². The minimum atomic E-state index is -1.08. The maximum absolute atomic E-state index is 14.5. The first-order chi connectivity index (χ1) is 19.0. The maximum Gasteiger partial charge on any atom is 0.263 e. The van der Waals surface area contributed by atoms with E-state index in [0.717, 1.165) is 29.0 Å². The van der Waals surface area contributed by atoms with Gasteiger partial charge in [0, 0.05) is 29.7 Å². The number of nitrogens with zero attached hydrogens (tertiary/aromatic N) is 1. The summed E-state index contributed by atoms with van der Waals surface area (Å²) in [6.45, 7) is 8.08. The summed E-state index contributed by atoms with van der Waals surface area (Å²) in [5.74, 6) is -1.81. The van der Waals surface area contributed by atoms with Gasteiger partial charge in [-0.2, -0.15) is 0 Å². The molecule has 210 valence electrons. The number of carbonyl (C=O) groups is 4. The number of halogens is 1. The Bertz CT molecular complexity index is 1420. The molecule has 40 heavy (non-hydrogen) atoms. The van der Waals surface area contributed by atoms with Crippen LogP contribution in [0.25, 0.3) is 0 Å². The average Bonchev–Trinajstić information content (AvgIpc) is 3.37. The zero-order valence-electron chi connectivity index (χ0n) is 23.0. The van der Waals surface area contributed by atoms with Crippen molar-refractivity contribution >= 4 is 35.4 Å². The van der Waals surface area contributed by atoms with Crippen molar-refractivity contribution in [3.05, 3.63) is 64.5 Å². The lowest BCUT2D eigenvalue weighted by atomic mass is 9.69. The van der Waals surface area contributed by atoms with E-state index in [1.54, 1.807) is 0 Å². The molecule has 2 N–H and O–H groups in total. The Kier molecular flexibility index (Phi) is 6.65. The van der Waals surface area contributed by atoms with Gasteiger partial charge in [-0.05, 0) is 65.7 Å². The highest BCUT2D eigenvalue weighted by atomic mass is 32.2. The predicted molar refractivity (Wildman–Crippen MR) is 149 cm³/mol. The fourth-order valence-corrected chi connectivity index (χ4v) is 8.36. The number of hydrogen-bond acceptors (Lipinski definition) is 6. The van der Waals surface area contributed by atoms with Crippen molar-refractivity contribution in [3.63, 3.8) is 0 Å². The lowest BCUT2D eigenvalue weighted by Crippen LogP contribution is -2.54. The van der Waals surface area contributed by atoms with Gasteiger partial charge in [0.2, 0.25) is 11.8 Å². The first-order valence-corrected chi connectivity index (χ1v) is 15.0. The van der Waals surface area contributed by atoms with Gasteiger partial charge in [-0.25, -0.2) is 4.39 Å². The molecule has 9 heteroatoms. The summed E-state index contributed by atoms with van der Waals surface area (Å²) in [6.07, 6.45) is 3.93. The monoisotopic (exact) mass is 563 g/mol. The zero-order valence-corrected chi connectivity index (χ0v) is 23.8. The quantitative estimate of drug-likeness (QED) is 0.370. The zero-order chi connectivity index (χ0) is 28.4. The largest absolute Gasteiger partial charge is 0.309 e. The highest BCUT2D eigenvalue weighted by molar-refractivity contribution is 7.98. The molecule has 0 radical (unpaired) electrons. The van der Waals surface area contributed by atoms with Gasteiger partial charge in [0.1, 0.15) is 11.9 Å². The normalized spacial score (nSPS) is 28.8. The maximum atomic E-state index is 14.5. The van der Waals surface area contributed by atoms with Gasteiger partial charge in [0.15, 0.2) is 0 Å². The Hall–Kier alpha value is -3.04. The highest BCUT2D eigenvalue weighted by Crippen LogP contribution is 2.65. The number of nitrogens with one attached hydrogen (secondary N) is 2. The summed E-state index contributed by atoms with van der Waals surface area (Å²) < 4.78 is 14.5. The molecule has 2 heterocycles. The fraction of sp³-hybridized carbons (Fsp3) is 0.484. The molecule has 2 aliphatic carbocycles. The standard InChI is InChI=1S/C31H34FN3O4S/c1-30(2)19-10-11-31(30,3)24(12-19)33-15-17-4-6-18(7-5-17)16-40-23-14-20(32)13-21-26(23)29(39)35(28(21)38)22-8-9-25(36)34-27(22)37/h4-7,13-14,19,22,24,33H,8-12,15-16H2,1-3H3,(H,34,36,37)/t19-,22?,24+,31+/m1/s1. The molecule has 2 aromatic rings. The Balaban J connectivity index is 1.12. The Morgan fingerprint density at radius 3 is 2.40 bits per heavy atom. The fourth-order valence-electron chi connectivity index (χ4n) is 7.31. The summed E-state index contributed by atoms with van der Waals surface area (Å²) >= 11 is 1.29. The number of piperidine rings is 1. The van der Waals surface area contributed by atoms with Gasteiger partial charge in [0.25, 0.3) is 11.8 Å². The van der Waals surface area contributed by atoms with Crippen LogP contribution < -0.4 is 10.6 Å². The van der Waals surface area contributed by atoms with Crippen LogP contribution in [0.1, 0.15) is 84.7 Å². The van der Waals surface area contributed by atoms with Gasteiger partial charge < -0.3 is 5.32 Å².